The first kappa shape index (κ1) is 16.1. The molecule has 1 heterocycles. The summed E-state index contributed by atoms with van der Waals surface area (Å²) >= 11 is 1.03. The Hall–Kier alpha value is -1.96. The largest absolute Gasteiger partial charge is 0.461 e. The third kappa shape index (κ3) is 4.96. The van der Waals surface area contributed by atoms with Gasteiger partial charge in [0, 0.05) is 11.9 Å². The van der Waals surface area contributed by atoms with E-state index in [9.17, 15) is 14.4 Å². The standard InChI is InChI=1S/C12H17N3O4S/c1-3-5-13-9(16)6-14-10(17)8-7-20-11(15-8)12(18)19-4-2/h7H,3-6H2,1-2H3,(H,13,16)(H,14,17). The van der Waals surface area contributed by atoms with Crippen LogP contribution in [0.15, 0.2) is 5.38 Å². The molecule has 0 bridgehead atoms. The average molecular weight is 299 g/mol. The van der Waals surface area contributed by atoms with Crippen LogP contribution in [0.2, 0.25) is 0 Å². The van der Waals surface area contributed by atoms with Crippen LogP contribution in [-0.2, 0) is 9.53 Å². The van der Waals surface area contributed by atoms with Crippen molar-refractivity contribution in [3.05, 3.63) is 16.1 Å². The van der Waals surface area contributed by atoms with E-state index < -0.39 is 11.9 Å². The number of amides is 2. The van der Waals surface area contributed by atoms with E-state index in [1.165, 1.54) is 5.38 Å². The van der Waals surface area contributed by atoms with Gasteiger partial charge in [-0.3, -0.25) is 9.59 Å². The maximum Gasteiger partial charge on any atom is 0.367 e. The Kier molecular flexibility index (Phi) is 6.65. The quantitative estimate of drug-likeness (QED) is 0.718. The summed E-state index contributed by atoms with van der Waals surface area (Å²) in [7, 11) is 0. The van der Waals surface area contributed by atoms with Crippen molar-refractivity contribution in [2.24, 2.45) is 0 Å². The number of ether oxygens (including phenoxy) is 1. The summed E-state index contributed by atoms with van der Waals surface area (Å²) in [6.45, 7) is 4.32. The van der Waals surface area contributed by atoms with Gasteiger partial charge in [-0.05, 0) is 13.3 Å². The van der Waals surface area contributed by atoms with Crippen molar-refractivity contribution in [3.63, 3.8) is 0 Å². The van der Waals surface area contributed by atoms with Crippen molar-refractivity contribution in [3.8, 4) is 0 Å². The van der Waals surface area contributed by atoms with Gasteiger partial charge in [-0.2, -0.15) is 0 Å². The van der Waals surface area contributed by atoms with Crippen LogP contribution in [0.25, 0.3) is 0 Å². The van der Waals surface area contributed by atoms with E-state index in [1.54, 1.807) is 6.92 Å². The Labute approximate surface area is 120 Å². The van der Waals surface area contributed by atoms with E-state index in [0.29, 0.717) is 6.54 Å². The highest BCUT2D eigenvalue weighted by Gasteiger charge is 2.16. The lowest BCUT2D eigenvalue weighted by atomic mass is 10.4. The number of hydrogen-bond acceptors (Lipinski definition) is 6. The fourth-order valence-corrected chi connectivity index (χ4v) is 1.93. The summed E-state index contributed by atoms with van der Waals surface area (Å²) in [5.74, 6) is -1.32. The number of nitrogens with zero attached hydrogens (tertiary/aromatic N) is 1. The summed E-state index contributed by atoms with van der Waals surface area (Å²) in [5.41, 5.74) is 0.0985. The summed E-state index contributed by atoms with van der Waals surface area (Å²) in [6.07, 6.45) is 0.828. The van der Waals surface area contributed by atoms with Crippen molar-refractivity contribution in [2.75, 3.05) is 19.7 Å². The molecule has 8 heteroatoms. The van der Waals surface area contributed by atoms with Crippen LogP contribution in [0.4, 0.5) is 0 Å². The van der Waals surface area contributed by atoms with Gasteiger partial charge in [-0.1, -0.05) is 6.92 Å². The van der Waals surface area contributed by atoms with Gasteiger partial charge in [0.15, 0.2) is 0 Å². The number of aromatic nitrogens is 1. The molecule has 0 fully saturated rings. The molecule has 0 unspecified atom stereocenters. The van der Waals surface area contributed by atoms with E-state index >= 15 is 0 Å². The smallest absolute Gasteiger partial charge is 0.367 e. The molecule has 0 radical (unpaired) electrons. The van der Waals surface area contributed by atoms with Crippen LogP contribution in [0.1, 0.15) is 40.6 Å². The Morgan fingerprint density at radius 2 is 2.05 bits per heavy atom. The van der Waals surface area contributed by atoms with Gasteiger partial charge >= 0.3 is 5.97 Å². The summed E-state index contributed by atoms with van der Waals surface area (Å²) < 4.78 is 4.78. The number of thiazole rings is 1. The molecule has 2 N–H and O–H groups in total. The first-order chi connectivity index (χ1) is 9.58. The number of nitrogens with one attached hydrogen (secondary N) is 2. The average Bonchev–Trinajstić information content (AvgIpc) is 2.92. The van der Waals surface area contributed by atoms with Gasteiger partial charge in [0.2, 0.25) is 10.9 Å². The number of carbonyl (C=O) groups excluding carboxylic acids is 3. The van der Waals surface area contributed by atoms with E-state index in [2.05, 4.69) is 15.6 Å². The Morgan fingerprint density at radius 1 is 1.30 bits per heavy atom. The van der Waals surface area contributed by atoms with Crippen molar-refractivity contribution in [2.45, 2.75) is 20.3 Å². The van der Waals surface area contributed by atoms with Gasteiger partial charge in [-0.15, -0.1) is 11.3 Å². The molecule has 20 heavy (non-hydrogen) atoms. The molecule has 0 aliphatic carbocycles. The molecule has 0 spiro atoms. The summed E-state index contributed by atoms with van der Waals surface area (Å²) in [5, 5.41) is 6.63. The topological polar surface area (TPSA) is 97.4 Å². The number of hydrogen-bond donors (Lipinski definition) is 2. The molecule has 7 nitrogen and oxygen atoms in total. The fraction of sp³-hybridized carbons (Fsp3) is 0.500. The third-order valence-electron chi connectivity index (χ3n) is 2.17. The van der Waals surface area contributed by atoms with Gasteiger partial charge < -0.3 is 15.4 Å². The Bertz CT molecular complexity index is 487. The van der Waals surface area contributed by atoms with Crippen molar-refractivity contribution in [1.29, 1.82) is 0 Å². The lowest BCUT2D eigenvalue weighted by molar-refractivity contribution is -0.120. The minimum Gasteiger partial charge on any atom is -0.461 e. The molecule has 0 aliphatic rings. The predicted molar refractivity (Wildman–Crippen MR) is 73.7 cm³/mol. The van der Waals surface area contributed by atoms with Crippen LogP contribution in [0.5, 0.6) is 0 Å². The van der Waals surface area contributed by atoms with E-state index in [1.807, 2.05) is 6.92 Å². The lowest BCUT2D eigenvalue weighted by Crippen LogP contribution is -2.37. The molecule has 0 aromatic carbocycles. The van der Waals surface area contributed by atoms with E-state index in [0.717, 1.165) is 17.8 Å². The minimum absolute atomic E-state index is 0.0985. The predicted octanol–water partition coefficient (Wildman–Crippen LogP) is 0.576. The summed E-state index contributed by atoms with van der Waals surface area (Å²) in [4.78, 5) is 38.3. The highest BCUT2D eigenvalue weighted by atomic mass is 32.1. The van der Waals surface area contributed by atoms with Crippen LogP contribution < -0.4 is 10.6 Å². The van der Waals surface area contributed by atoms with Gasteiger partial charge in [0.05, 0.1) is 13.2 Å². The maximum atomic E-state index is 11.7. The molecule has 110 valence electrons. The number of rotatable bonds is 7. The van der Waals surface area contributed by atoms with Crippen molar-refractivity contribution < 1.29 is 19.1 Å². The monoisotopic (exact) mass is 299 g/mol. The number of esters is 1. The molecule has 1 rings (SSSR count). The zero-order valence-electron chi connectivity index (χ0n) is 11.4. The zero-order valence-corrected chi connectivity index (χ0v) is 12.2. The van der Waals surface area contributed by atoms with Crippen LogP contribution in [-0.4, -0.2) is 42.5 Å². The fourth-order valence-electron chi connectivity index (χ4n) is 1.24. The molecule has 0 saturated heterocycles. The minimum atomic E-state index is -0.558. The van der Waals surface area contributed by atoms with Gasteiger partial charge in [-0.25, -0.2) is 9.78 Å². The highest BCUT2D eigenvalue weighted by molar-refractivity contribution is 7.11. The lowest BCUT2D eigenvalue weighted by Gasteiger charge is -2.04. The highest BCUT2D eigenvalue weighted by Crippen LogP contribution is 2.10. The molecule has 2 amide bonds. The Morgan fingerprint density at radius 3 is 2.70 bits per heavy atom. The molecule has 0 atom stereocenters. The third-order valence-corrected chi connectivity index (χ3v) is 2.99. The summed E-state index contributed by atoms with van der Waals surface area (Å²) in [6, 6.07) is 0. The molecule has 0 aliphatic heterocycles. The molecule has 1 aromatic heterocycles. The van der Waals surface area contributed by atoms with Gasteiger partial charge in [0.25, 0.3) is 5.91 Å². The normalized spacial score (nSPS) is 9.90. The Balaban J connectivity index is 2.48. The van der Waals surface area contributed by atoms with Crippen molar-refractivity contribution in [1.82, 2.24) is 15.6 Å². The van der Waals surface area contributed by atoms with E-state index in [-0.39, 0.29) is 29.8 Å². The molecule has 0 saturated carbocycles. The van der Waals surface area contributed by atoms with Crippen LogP contribution in [0, 0.1) is 0 Å². The van der Waals surface area contributed by atoms with Crippen LogP contribution in [0.3, 0.4) is 0 Å². The molecule has 1 aromatic rings. The van der Waals surface area contributed by atoms with Crippen molar-refractivity contribution >= 4 is 29.1 Å². The molecular weight excluding hydrogens is 282 g/mol. The first-order valence-corrected chi connectivity index (χ1v) is 7.14. The molecular formula is C12H17N3O4S. The first-order valence-electron chi connectivity index (χ1n) is 6.26. The maximum absolute atomic E-state index is 11.7. The van der Waals surface area contributed by atoms with Crippen LogP contribution >= 0.6 is 11.3 Å². The second-order valence-corrected chi connectivity index (χ2v) is 4.65. The van der Waals surface area contributed by atoms with E-state index in [4.69, 9.17) is 4.74 Å². The second-order valence-electron chi connectivity index (χ2n) is 3.79. The second kappa shape index (κ2) is 8.26. The van der Waals surface area contributed by atoms with Gasteiger partial charge in [0.1, 0.15) is 5.69 Å². The SMILES string of the molecule is CCCNC(=O)CNC(=O)c1csc(C(=O)OCC)n1. The zero-order chi connectivity index (χ0) is 15.0. The number of carbonyl (C=O) groups is 3.